The monoisotopic (exact) mass is 392 g/mol. The van der Waals surface area contributed by atoms with Crippen LogP contribution in [-0.4, -0.2) is 51.2 Å². The Morgan fingerprint density at radius 3 is 2.38 bits per heavy atom. The highest BCUT2D eigenvalue weighted by molar-refractivity contribution is 5.95. The Morgan fingerprint density at radius 2 is 1.66 bits per heavy atom. The first-order valence-corrected chi connectivity index (χ1v) is 10.6. The fraction of sp³-hybridized carbons (Fsp3) is 0.478. The van der Waals surface area contributed by atoms with Gasteiger partial charge >= 0.3 is 0 Å². The van der Waals surface area contributed by atoms with Crippen LogP contribution in [0.15, 0.2) is 36.5 Å². The Hall–Kier alpha value is -2.76. The van der Waals surface area contributed by atoms with Crippen LogP contribution in [0.2, 0.25) is 0 Å². The van der Waals surface area contributed by atoms with Gasteiger partial charge in [-0.15, -0.1) is 0 Å². The van der Waals surface area contributed by atoms with Crippen LogP contribution in [0, 0.1) is 6.92 Å². The third-order valence-corrected chi connectivity index (χ3v) is 5.95. The van der Waals surface area contributed by atoms with E-state index in [1.807, 2.05) is 47.1 Å². The molecule has 0 unspecified atom stereocenters. The maximum atomic E-state index is 13.1. The summed E-state index contributed by atoms with van der Waals surface area (Å²) in [5, 5.41) is 0. The molecule has 3 heterocycles. The van der Waals surface area contributed by atoms with Crippen molar-refractivity contribution in [2.24, 2.45) is 0 Å². The van der Waals surface area contributed by atoms with Crippen molar-refractivity contribution in [1.29, 1.82) is 0 Å². The van der Waals surface area contributed by atoms with E-state index in [4.69, 9.17) is 0 Å². The van der Waals surface area contributed by atoms with Crippen molar-refractivity contribution in [3.05, 3.63) is 59.2 Å². The number of nitrogens with zero attached hydrogens (tertiary/aromatic N) is 4. The molecular formula is C23H28N4O2. The van der Waals surface area contributed by atoms with E-state index in [0.29, 0.717) is 29.2 Å². The van der Waals surface area contributed by atoms with Crippen molar-refractivity contribution >= 4 is 11.8 Å². The highest BCUT2D eigenvalue weighted by Crippen LogP contribution is 2.30. The molecule has 0 N–H and O–H groups in total. The molecule has 2 fully saturated rings. The van der Waals surface area contributed by atoms with Gasteiger partial charge in [-0.2, -0.15) is 0 Å². The molecule has 2 aliphatic heterocycles. The highest BCUT2D eigenvalue weighted by Gasteiger charge is 2.31. The van der Waals surface area contributed by atoms with Gasteiger partial charge in [0.2, 0.25) is 0 Å². The van der Waals surface area contributed by atoms with Crippen molar-refractivity contribution in [1.82, 2.24) is 19.8 Å². The molecule has 2 saturated heterocycles. The van der Waals surface area contributed by atoms with Crippen molar-refractivity contribution in [3.63, 3.8) is 0 Å². The number of aryl methyl sites for hydroxylation is 1. The Balaban J connectivity index is 1.57. The van der Waals surface area contributed by atoms with Crippen molar-refractivity contribution in [2.75, 3.05) is 19.6 Å². The number of amides is 2. The second kappa shape index (κ2) is 8.72. The maximum absolute atomic E-state index is 13.1. The van der Waals surface area contributed by atoms with E-state index in [1.165, 1.54) is 6.42 Å². The molecule has 29 heavy (non-hydrogen) atoms. The minimum Gasteiger partial charge on any atom is -0.339 e. The van der Waals surface area contributed by atoms with E-state index < -0.39 is 0 Å². The second-order valence-corrected chi connectivity index (χ2v) is 7.96. The zero-order chi connectivity index (χ0) is 20.2. The molecule has 0 bridgehead atoms. The molecular weight excluding hydrogens is 364 g/mol. The van der Waals surface area contributed by atoms with Gasteiger partial charge in [-0.25, -0.2) is 9.97 Å². The number of likely N-dealkylation sites (tertiary alicyclic amines) is 2. The molecule has 1 aromatic carbocycles. The minimum absolute atomic E-state index is 0.0185. The Labute approximate surface area is 172 Å². The summed E-state index contributed by atoms with van der Waals surface area (Å²) in [5.41, 5.74) is 1.96. The molecule has 152 valence electrons. The molecule has 6 heteroatoms. The van der Waals surface area contributed by atoms with Crippen molar-refractivity contribution in [2.45, 2.75) is 51.5 Å². The molecule has 0 spiro atoms. The molecule has 1 aromatic heterocycles. The summed E-state index contributed by atoms with van der Waals surface area (Å²) in [6, 6.07) is 9.23. The molecule has 2 aromatic rings. The molecule has 4 rings (SSSR count). The highest BCUT2D eigenvalue weighted by atomic mass is 16.2. The maximum Gasteiger partial charge on any atom is 0.257 e. The molecule has 1 atom stereocenters. The average Bonchev–Trinajstić information content (AvgIpc) is 2.79. The van der Waals surface area contributed by atoms with E-state index in [1.54, 1.807) is 6.20 Å². The third-order valence-electron chi connectivity index (χ3n) is 5.95. The summed E-state index contributed by atoms with van der Waals surface area (Å²) in [7, 11) is 0. The van der Waals surface area contributed by atoms with Gasteiger partial charge in [0, 0.05) is 31.4 Å². The third kappa shape index (κ3) is 4.16. The lowest BCUT2D eigenvalue weighted by Crippen LogP contribution is -2.39. The number of aromatic nitrogens is 2. The standard InChI is InChI=1S/C23H28N4O2/c1-17-19(23(29)26-13-7-3-8-14-26)16-24-21(25-17)20-12-6-9-15-27(20)22(28)18-10-4-2-5-11-18/h2,4-5,10-11,16,20H,3,6-9,12-15H2,1H3/t20-/m0/s1. The normalized spacial score (nSPS) is 19.8. The predicted octanol–water partition coefficient (Wildman–Crippen LogP) is 3.78. The molecule has 6 nitrogen and oxygen atoms in total. The summed E-state index contributed by atoms with van der Waals surface area (Å²) in [6.07, 6.45) is 7.83. The van der Waals surface area contributed by atoms with Gasteiger partial charge < -0.3 is 9.80 Å². The van der Waals surface area contributed by atoms with Gasteiger partial charge in [-0.1, -0.05) is 18.2 Å². The zero-order valence-electron chi connectivity index (χ0n) is 17.0. The van der Waals surface area contributed by atoms with Crippen LogP contribution in [0.1, 0.15) is 76.8 Å². The number of benzene rings is 1. The van der Waals surface area contributed by atoms with Crippen LogP contribution < -0.4 is 0 Å². The SMILES string of the molecule is Cc1nc([C@@H]2CCCCN2C(=O)c2ccccc2)ncc1C(=O)N1CCCCC1. The molecule has 0 radical (unpaired) electrons. The Bertz CT molecular complexity index is 878. The van der Waals surface area contributed by atoms with Crippen LogP contribution in [-0.2, 0) is 0 Å². The van der Waals surface area contributed by atoms with Gasteiger partial charge in [0.05, 0.1) is 17.3 Å². The first-order chi connectivity index (χ1) is 14.1. The smallest absolute Gasteiger partial charge is 0.257 e. The average molecular weight is 393 g/mol. The zero-order valence-corrected chi connectivity index (χ0v) is 17.0. The Kier molecular flexibility index (Phi) is 5.88. The fourth-order valence-electron chi connectivity index (χ4n) is 4.31. The largest absolute Gasteiger partial charge is 0.339 e. The number of carbonyl (C=O) groups is 2. The molecule has 2 amide bonds. The number of rotatable bonds is 3. The van der Waals surface area contributed by atoms with Crippen LogP contribution in [0.5, 0.6) is 0 Å². The molecule has 0 aliphatic carbocycles. The van der Waals surface area contributed by atoms with E-state index in [0.717, 1.165) is 45.2 Å². The van der Waals surface area contributed by atoms with Crippen LogP contribution in [0.3, 0.4) is 0 Å². The topological polar surface area (TPSA) is 66.4 Å². The summed E-state index contributed by atoms with van der Waals surface area (Å²) >= 11 is 0. The lowest BCUT2D eigenvalue weighted by molar-refractivity contribution is 0.0597. The van der Waals surface area contributed by atoms with E-state index in [-0.39, 0.29) is 17.9 Å². The van der Waals surface area contributed by atoms with Gasteiger partial charge in [0.1, 0.15) is 0 Å². The predicted molar refractivity (Wildman–Crippen MR) is 111 cm³/mol. The van der Waals surface area contributed by atoms with Gasteiger partial charge in [-0.05, 0) is 57.6 Å². The van der Waals surface area contributed by atoms with Crippen LogP contribution >= 0.6 is 0 Å². The molecule has 2 aliphatic rings. The van der Waals surface area contributed by atoms with Gasteiger partial charge in [-0.3, -0.25) is 9.59 Å². The number of hydrogen-bond acceptors (Lipinski definition) is 4. The number of piperidine rings is 2. The van der Waals surface area contributed by atoms with E-state index in [9.17, 15) is 9.59 Å². The van der Waals surface area contributed by atoms with E-state index >= 15 is 0 Å². The first kappa shape index (κ1) is 19.6. The lowest BCUT2D eigenvalue weighted by atomic mass is 9.99. The summed E-state index contributed by atoms with van der Waals surface area (Å²) in [6.45, 7) is 4.19. The van der Waals surface area contributed by atoms with Crippen LogP contribution in [0.25, 0.3) is 0 Å². The van der Waals surface area contributed by atoms with Crippen LogP contribution in [0.4, 0.5) is 0 Å². The fourth-order valence-corrected chi connectivity index (χ4v) is 4.31. The summed E-state index contributed by atoms with van der Waals surface area (Å²) in [5.74, 6) is 0.682. The van der Waals surface area contributed by atoms with E-state index in [2.05, 4.69) is 9.97 Å². The number of carbonyl (C=O) groups excluding carboxylic acids is 2. The quantitative estimate of drug-likeness (QED) is 0.797. The summed E-state index contributed by atoms with van der Waals surface area (Å²) in [4.78, 5) is 38.9. The second-order valence-electron chi connectivity index (χ2n) is 7.96. The minimum atomic E-state index is -0.144. The summed E-state index contributed by atoms with van der Waals surface area (Å²) < 4.78 is 0. The number of hydrogen-bond donors (Lipinski definition) is 0. The van der Waals surface area contributed by atoms with Crippen molar-refractivity contribution in [3.8, 4) is 0 Å². The van der Waals surface area contributed by atoms with Crippen molar-refractivity contribution < 1.29 is 9.59 Å². The van der Waals surface area contributed by atoms with Gasteiger partial charge in [0.15, 0.2) is 5.82 Å². The Morgan fingerprint density at radius 1 is 0.931 bits per heavy atom. The lowest BCUT2D eigenvalue weighted by Gasteiger charge is -2.35. The van der Waals surface area contributed by atoms with Gasteiger partial charge in [0.25, 0.3) is 11.8 Å². The molecule has 0 saturated carbocycles. The first-order valence-electron chi connectivity index (χ1n) is 10.6.